The Morgan fingerprint density at radius 1 is 1.38 bits per heavy atom. The van der Waals surface area contributed by atoms with E-state index in [1.165, 1.54) is 0 Å². The lowest BCUT2D eigenvalue weighted by Gasteiger charge is -2.00. The highest BCUT2D eigenvalue weighted by molar-refractivity contribution is 6.37. The molecular formula is C9H6Cl2O2. The van der Waals surface area contributed by atoms with Gasteiger partial charge in [0.1, 0.15) is 5.75 Å². The van der Waals surface area contributed by atoms with Crippen LogP contribution in [0.15, 0.2) is 12.1 Å². The third kappa shape index (κ3) is 1.30. The fraction of sp³-hybridized carbons (Fsp3) is 0.222. The molecule has 1 aliphatic heterocycles. The molecule has 1 aromatic rings. The largest absolute Gasteiger partial charge is 0.482 e. The normalized spacial score (nSPS) is 19.9. The molecule has 0 aliphatic carbocycles. The van der Waals surface area contributed by atoms with E-state index in [1.54, 1.807) is 19.1 Å². The van der Waals surface area contributed by atoms with Crippen molar-refractivity contribution in [2.24, 2.45) is 0 Å². The number of Topliss-reactive ketones (excluding diaryl/α,β-unsaturated/α-hetero) is 1. The molecule has 1 atom stereocenters. The number of ether oxygens (including phenoxy) is 1. The minimum absolute atomic E-state index is 0.0864. The highest BCUT2D eigenvalue weighted by atomic mass is 35.5. The van der Waals surface area contributed by atoms with Crippen molar-refractivity contribution < 1.29 is 9.53 Å². The van der Waals surface area contributed by atoms with Crippen molar-refractivity contribution in [3.8, 4) is 5.75 Å². The van der Waals surface area contributed by atoms with Crippen molar-refractivity contribution in [1.82, 2.24) is 0 Å². The average molecular weight is 217 g/mol. The average Bonchev–Trinajstić information content (AvgIpc) is 2.27. The summed E-state index contributed by atoms with van der Waals surface area (Å²) in [6.45, 7) is 1.69. The van der Waals surface area contributed by atoms with E-state index in [4.69, 9.17) is 27.9 Å². The number of benzene rings is 1. The van der Waals surface area contributed by atoms with Crippen LogP contribution in [-0.2, 0) is 0 Å². The number of halogens is 2. The van der Waals surface area contributed by atoms with Gasteiger partial charge in [-0.15, -0.1) is 0 Å². The molecule has 4 heteroatoms. The van der Waals surface area contributed by atoms with E-state index in [0.29, 0.717) is 21.4 Å². The molecule has 2 nitrogen and oxygen atoms in total. The zero-order valence-electron chi connectivity index (χ0n) is 6.80. The van der Waals surface area contributed by atoms with Gasteiger partial charge in [-0.2, -0.15) is 0 Å². The van der Waals surface area contributed by atoms with E-state index in [1.807, 2.05) is 0 Å². The molecule has 0 fully saturated rings. The third-order valence-electron chi connectivity index (χ3n) is 1.94. The third-order valence-corrected chi connectivity index (χ3v) is 2.45. The molecule has 0 N–H and O–H groups in total. The molecule has 1 aliphatic rings. The minimum Gasteiger partial charge on any atom is -0.482 e. The topological polar surface area (TPSA) is 26.3 Å². The molecule has 0 spiro atoms. The lowest BCUT2D eigenvalue weighted by molar-refractivity contribution is 0.0878. The molecule has 0 bridgehead atoms. The number of rotatable bonds is 0. The smallest absolute Gasteiger partial charge is 0.208 e. The second-order valence-electron chi connectivity index (χ2n) is 2.89. The second kappa shape index (κ2) is 2.89. The van der Waals surface area contributed by atoms with Crippen LogP contribution in [0.25, 0.3) is 0 Å². The Labute approximate surface area is 85.4 Å². The maximum Gasteiger partial charge on any atom is 0.208 e. The molecule has 0 radical (unpaired) electrons. The second-order valence-corrected chi connectivity index (χ2v) is 3.73. The van der Waals surface area contributed by atoms with Gasteiger partial charge in [0.05, 0.1) is 10.6 Å². The molecule has 0 amide bonds. The zero-order valence-corrected chi connectivity index (χ0v) is 8.32. The number of hydrogen-bond acceptors (Lipinski definition) is 2. The quantitative estimate of drug-likeness (QED) is 0.667. The Hall–Kier alpha value is -0.730. The highest BCUT2D eigenvalue weighted by Crippen LogP contribution is 2.36. The van der Waals surface area contributed by atoms with E-state index in [2.05, 4.69) is 0 Å². The van der Waals surface area contributed by atoms with Gasteiger partial charge in [-0.3, -0.25) is 4.79 Å². The maximum atomic E-state index is 11.5. The fourth-order valence-electron chi connectivity index (χ4n) is 1.33. The van der Waals surface area contributed by atoms with Gasteiger partial charge >= 0.3 is 0 Å². The Balaban J connectivity index is 2.64. The monoisotopic (exact) mass is 216 g/mol. The van der Waals surface area contributed by atoms with Crippen LogP contribution in [0.3, 0.4) is 0 Å². The summed E-state index contributed by atoms with van der Waals surface area (Å²) in [5, 5.41) is 0.836. The predicted molar refractivity (Wildman–Crippen MR) is 50.9 cm³/mol. The highest BCUT2D eigenvalue weighted by Gasteiger charge is 2.31. The Kier molecular flexibility index (Phi) is 1.97. The Morgan fingerprint density at radius 3 is 2.77 bits per heavy atom. The van der Waals surface area contributed by atoms with Crippen molar-refractivity contribution in [2.45, 2.75) is 13.0 Å². The number of carbonyl (C=O) groups is 1. The zero-order chi connectivity index (χ0) is 9.59. The van der Waals surface area contributed by atoms with E-state index in [0.717, 1.165) is 0 Å². The van der Waals surface area contributed by atoms with Gasteiger partial charge < -0.3 is 4.74 Å². The first-order valence-corrected chi connectivity index (χ1v) is 4.55. The van der Waals surface area contributed by atoms with E-state index >= 15 is 0 Å². The lowest BCUT2D eigenvalue weighted by Crippen LogP contribution is -2.14. The van der Waals surface area contributed by atoms with Crippen LogP contribution in [0.2, 0.25) is 10.0 Å². The molecule has 2 rings (SSSR count). The van der Waals surface area contributed by atoms with Crippen molar-refractivity contribution in [3.63, 3.8) is 0 Å². The molecule has 13 heavy (non-hydrogen) atoms. The standard InChI is InChI=1S/C9H6Cl2O2/c1-4-9(12)8-6(11)2-5(10)3-7(8)13-4/h2-4H,1H3. The first kappa shape index (κ1) is 8.85. The van der Waals surface area contributed by atoms with Crippen LogP contribution in [0.5, 0.6) is 5.75 Å². The molecule has 0 saturated heterocycles. The molecule has 1 aromatic carbocycles. The van der Waals surface area contributed by atoms with E-state index in [9.17, 15) is 4.79 Å². The summed E-state index contributed by atoms with van der Waals surface area (Å²) < 4.78 is 5.26. The predicted octanol–water partition coefficient (Wildman–Crippen LogP) is 2.96. The maximum absolute atomic E-state index is 11.5. The summed E-state index contributed by atoms with van der Waals surface area (Å²) >= 11 is 11.6. The molecule has 1 unspecified atom stereocenters. The van der Waals surface area contributed by atoms with Gasteiger partial charge in [0.15, 0.2) is 6.10 Å². The number of hydrogen-bond donors (Lipinski definition) is 0. The van der Waals surface area contributed by atoms with Crippen LogP contribution in [0, 0.1) is 0 Å². The van der Waals surface area contributed by atoms with Crippen LogP contribution >= 0.6 is 23.2 Å². The van der Waals surface area contributed by atoms with Crippen LogP contribution in [-0.4, -0.2) is 11.9 Å². The van der Waals surface area contributed by atoms with Crippen LogP contribution in [0.1, 0.15) is 17.3 Å². The summed E-state index contributed by atoms with van der Waals surface area (Å²) in [6.07, 6.45) is -0.453. The minimum atomic E-state index is -0.453. The molecule has 0 saturated carbocycles. The Bertz CT molecular complexity index is 387. The van der Waals surface area contributed by atoms with Gasteiger partial charge in [0.25, 0.3) is 0 Å². The van der Waals surface area contributed by atoms with Crippen molar-refractivity contribution in [1.29, 1.82) is 0 Å². The summed E-state index contributed by atoms with van der Waals surface area (Å²) in [6, 6.07) is 3.14. The first-order valence-electron chi connectivity index (χ1n) is 3.79. The van der Waals surface area contributed by atoms with Crippen LogP contribution in [0.4, 0.5) is 0 Å². The number of fused-ring (bicyclic) bond motifs is 1. The van der Waals surface area contributed by atoms with E-state index < -0.39 is 6.10 Å². The summed E-state index contributed by atoms with van der Waals surface area (Å²) in [7, 11) is 0. The van der Waals surface area contributed by atoms with Crippen molar-refractivity contribution in [2.75, 3.05) is 0 Å². The van der Waals surface area contributed by atoms with Gasteiger partial charge in [-0.1, -0.05) is 23.2 Å². The van der Waals surface area contributed by atoms with Gasteiger partial charge in [0.2, 0.25) is 5.78 Å². The molecule has 1 heterocycles. The fourth-order valence-corrected chi connectivity index (χ4v) is 1.90. The molecule has 68 valence electrons. The van der Waals surface area contributed by atoms with Gasteiger partial charge in [0, 0.05) is 5.02 Å². The van der Waals surface area contributed by atoms with Crippen LogP contribution < -0.4 is 4.74 Å². The summed E-state index contributed by atoms with van der Waals surface area (Å²) in [5.74, 6) is 0.395. The van der Waals surface area contributed by atoms with Crippen molar-refractivity contribution in [3.05, 3.63) is 27.7 Å². The Morgan fingerprint density at radius 2 is 2.08 bits per heavy atom. The van der Waals surface area contributed by atoms with E-state index in [-0.39, 0.29) is 5.78 Å². The lowest BCUT2D eigenvalue weighted by atomic mass is 10.1. The number of carbonyl (C=O) groups excluding carboxylic acids is 1. The SMILES string of the molecule is CC1Oc2cc(Cl)cc(Cl)c2C1=O. The summed E-state index contributed by atoms with van der Waals surface area (Å²) in [4.78, 5) is 11.5. The molecular weight excluding hydrogens is 211 g/mol. The van der Waals surface area contributed by atoms with Gasteiger partial charge in [-0.25, -0.2) is 0 Å². The van der Waals surface area contributed by atoms with Crippen molar-refractivity contribution >= 4 is 29.0 Å². The number of ketones is 1. The van der Waals surface area contributed by atoms with Gasteiger partial charge in [-0.05, 0) is 19.1 Å². The summed E-state index contributed by atoms with van der Waals surface area (Å²) in [5.41, 5.74) is 0.443. The first-order chi connectivity index (χ1) is 6.09. The molecule has 0 aromatic heterocycles.